The van der Waals surface area contributed by atoms with Gasteiger partial charge in [-0.1, -0.05) is 12.8 Å². The van der Waals surface area contributed by atoms with Gasteiger partial charge in [-0.15, -0.1) is 0 Å². The molecule has 0 bridgehead atoms. The first-order valence-corrected chi connectivity index (χ1v) is 5.60. The Kier molecular flexibility index (Phi) is 2.37. The average molecular weight is 182 g/mol. The monoisotopic (exact) mass is 182 g/mol. The van der Waals surface area contributed by atoms with Crippen LogP contribution >= 0.6 is 0 Å². The summed E-state index contributed by atoms with van der Waals surface area (Å²) in [5.74, 6) is 1.99. The summed E-state index contributed by atoms with van der Waals surface area (Å²) in [7, 11) is 0. The molecule has 2 fully saturated rings. The van der Waals surface area contributed by atoms with Crippen LogP contribution in [0.4, 0.5) is 0 Å². The van der Waals surface area contributed by atoms with Gasteiger partial charge >= 0.3 is 0 Å². The molecule has 0 heterocycles. The third-order valence-corrected chi connectivity index (χ3v) is 3.45. The number of nitrogens with two attached hydrogens (primary N) is 1. The van der Waals surface area contributed by atoms with Crippen LogP contribution < -0.4 is 11.1 Å². The van der Waals surface area contributed by atoms with Crippen molar-refractivity contribution in [2.24, 2.45) is 17.6 Å². The van der Waals surface area contributed by atoms with Crippen LogP contribution in [0.3, 0.4) is 0 Å². The van der Waals surface area contributed by atoms with Gasteiger partial charge < -0.3 is 11.1 Å². The maximum absolute atomic E-state index is 5.94. The van der Waals surface area contributed by atoms with Gasteiger partial charge in [0.05, 0.1) is 0 Å². The highest BCUT2D eigenvalue weighted by Crippen LogP contribution is 2.49. The van der Waals surface area contributed by atoms with Crippen molar-refractivity contribution in [2.75, 3.05) is 6.54 Å². The zero-order valence-electron chi connectivity index (χ0n) is 8.84. The first-order valence-electron chi connectivity index (χ1n) is 5.60. The van der Waals surface area contributed by atoms with E-state index in [4.69, 9.17) is 5.73 Å². The molecule has 2 aliphatic rings. The summed E-state index contributed by atoms with van der Waals surface area (Å²) in [4.78, 5) is 0. The first-order chi connectivity index (χ1) is 6.08. The highest BCUT2D eigenvalue weighted by molar-refractivity contribution is 5.05. The molecule has 2 saturated carbocycles. The van der Waals surface area contributed by atoms with E-state index in [1.165, 1.54) is 25.7 Å². The molecule has 0 amide bonds. The van der Waals surface area contributed by atoms with E-state index < -0.39 is 0 Å². The molecule has 2 unspecified atom stereocenters. The zero-order chi connectivity index (χ0) is 9.47. The van der Waals surface area contributed by atoms with Crippen molar-refractivity contribution in [3.63, 3.8) is 0 Å². The Morgan fingerprint density at radius 3 is 2.23 bits per heavy atom. The van der Waals surface area contributed by atoms with E-state index in [-0.39, 0.29) is 5.54 Å². The lowest BCUT2D eigenvalue weighted by Crippen LogP contribution is -2.44. The van der Waals surface area contributed by atoms with Gasteiger partial charge in [0, 0.05) is 18.1 Å². The van der Waals surface area contributed by atoms with E-state index in [9.17, 15) is 0 Å². The smallest absolute Gasteiger partial charge is 0.0223 e. The van der Waals surface area contributed by atoms with Gasteiger partial charge in [0.2, 0.25) is 0 Å². The van der Waals surface area contributed by atoms with E-state index in [1.807, 2.05) is 0 Å². The van der Waals surface area contributed by atoms with Crippen molar-refractivity contribution in [3.05, 3.63) is 0 Å². The Morgan fingerprint density at radius 2 is 1.77 bits per heavy atom. The molecule has 0 aromatic carbocycles. The summed E-state index contributed by atoms with van der Waals surface area (Å²) >= 11 is 0. The van der Waals surface area contributed by atoms with Crippen molar-refractivity contribution < 1.29 is 0 Å². The van der Waals surface area contributed by atoms with Crippen molar-refractivity contribution in [2.45, 2.75) is 51.1 Å². The molecule has 0 aliphatic heterocycles. The van der Waals surface area contributed by atoms with Crippen LogP contribution in [0.5, 0.6) is 0 Å². The molecule has 2 nitrogen and oxygen atoms in total. The van der Waals surface area contributed by atoms with E-state index in [0.717, 1.165) is 24.4 Å². The largest absolute Gasteiger partial charge is 0.324 e. The Labute approximate surface area is 81.3 Å². The van der Waals surface area contributed by atoms with E-state index in [1.54, 1.807) is 0 Å². The Bertz CT molecular complexity index is 171. The lowest BCUT2D eigenvalue weighted by molar-refractivity contribution is 0.453. The molecule has 0 spiro atoms. The van der Waals surface area contributed by atoms with Gasteiger partial charge in [-0.2, -0.15) is 0 Å². The van der Waals surface area contributed by atoms with Gasteiger partial charge in [-0.25, -0.2) is 0 Å². The standard InChI is InChI=1S/C11H22N2/c1-11(2,12)7-13-10-8-5-3-4-6-9(8)10/h8-10,13H,3-7,12H2,1-2H3. The van der Waals surface area contributed by atoms with Gasteiger partial charge in [0.25, 0.3) is 0 Å². The molecule has 13 heavy (non-hydrogen) atoms. The SMILES string of the molecule is CC(C)(N)CNC1C2CCCCC21. The number of rotatable bonds is 3. The third kappa shape index (κ3) is 2.23. The predicted octanol–water partition coefficient (Wildman–Crippen LogP) is 1.50. The third-order valence-electron chi connectivity index (χ3n) is 3.45. The van der Waals surface area contributed by atoms with Gasteiger partial charge in [0.1, 0.15) is 0 Å². The summed E-state index contributed by atoms with van der Waals surface area (Å²) in [5.41, 5.74) is 5.89. The molecule has 0 radical (unpaired) electrons. The molecule has 3 N–H and O–H groups in total. The summed E-state index contributed by atoms with van der Waals surface area (Å²) in [6.45, 7) is 5.14. The molecule has 0 aromatic heterocycles. The Morgan fingerprint density at radius 1 is 1.23 bits per heavy atom. The van der Waals surface area contributed by atoms with Crippen molar-refractivity contribution in [3.8, 4) is 0 Å². The van der Waals surface area contributed by atoms with Gasteiger partial charge in [-0.3, -0.25) is 0 Å². The van der Waals surface area contributed by atoms with Crippen LogP contribution in [0.2, 0.25) is 0 Å². The van der Waals surface area contributed by atoms with E-state index in [2.05, 4.69) is 19.2 Å². The molecule has 2 heteroatoms. The molecular formula is C11H22N2. The molecular weight excluding hydrogens is 160 g/mol. The Hall–Kier alpha value is -0.0800. The van der Waals surface area contributed by atoms with Crippen LogP contribution in [-0.2, 0) is 0 Å². The Balaban J connectivity index is 1.73. The lowest BCUT2D eigenvalue weighted by Gasteiger charge is -2.19. The van der Waals surface area contributed by atoms with Crippen LogP contribution in [-0.4, -0.2) is 18.1 Å². The summed E-state index contributed by atoms with van der Waals surface area (Å²) in [6, 6.07) is 0.810. The summed E-state index contributed by atoms with van der Waals surface area (Å²) in [6.07, 6.45) is 5.80. The first kappa shape index (κ1) is 9.47. The average Bonchev–Trinajstić information content (AvgIpc) is 2.73. The maximum Gasteiger partial charge on any atom is 0.0223 e. The fraction of sp³-hybridized carbons (Fsp3) is 1.00. The predicted molar refractivity (Wildman–Crippen MR) is 55.5 cm³/mol. The van der Waals surface area contributed by atoms with E-state index in [0.29, 0.717) is 0 Å². The molecule has 76 valence electrons. The second-order valence-corrected chi connectivity index (χ2v) is 5.51. The number of hydrogen-bond acceptors (Lipinski definition) is 2. The van der Waals surface area contributed by atoms with Crippen LogP contribution in [0.1, 0.15) is 39.5 Å². The summed E-state index contributed by atoms with van der Waals surface area (Å²) < 4.78 is 0. The molecule has 2 rings (SSSR count). The molecule has 2 atom stereocenters. The number of fused-ring (bicyclic) bond motifs is 1. The van der Waals surface area contributed by atoms with Crippen molar-refractivity contribution in [1.82, 2.24) is 5.32 Å². The quantitative estimate of drug-likeness (QED) is 0.694. The molecule has 2 aliphatic carbocycles. The number of nitrogens with one attached hydrogen (secondary N) is 1. The van der Waals surface area contributed by atoms with Crippen molar-refractivity contribution in [1.29, 1.82) is 0 Å². The fourth-order valence-electron chi connectivity index (χ4n) is 2.68. The zero-order valence-corrected chi connectivity index (χ0v) is 8.84. The van der Waals surface area contributed by atoms with Crippen LogP contribution in [0.15, 0.2) is 0 Å². The highest BCUT2D eigenvalue weighted by Gasteiger charge is 2.50. The summed E-state index contributed by atoms with van der Waals surface area (Å²) in [5, 5.41) is 3.61. The molecule has 0 aromatic rings. The van der Waals surface area contributed by atoms with Crippen LogP contribution in [0, 0.1) is 11.8 Å². The van der Waals surface area contributed by atoms with Gasteiger partial charge in [-0.05, 0) is 38.5 Å². The second-order valence-electron chi connectivity index (χ2n) is 5.51. The molecule has 0 saturated heterocycles. The highest BCUT2D eigenvalue weighted by atomic mass is 15.0. The van der Waals surface area contributed by atoms with Gasteiger partial charge in [0.15, 0.2) is 0 Å². The van der Waals surface area contributed by atoms with Crippen LogP contribution in [0.25, 0.3) is 0 Å². The normalized spacial score (nSPS) is 38.5. The number of hydrogen-bond donors (Lipinski definition) is 2. The lowest BCUT2D eigenvalue weighted by atomic mass is 10.0. The maximum atomic E-state index is 5.94. The minimum Gasteiger partial charge on any atom is -0.324 e. The van der Waals surface area contributed by atoms with E-state index >= 15 is 0 Å². The minimum atomic E-state index is -0.0499. The minimum absolute atomic E-state index is 0.0499. The topological polar surface area (TPSA) is 38.0 Å². The van der Waals surface area contributed by atoms with Crippen molar-refractivity contribution >= 4 is 0 Å². The second kappa shape index (κ2) is 3.25. The fourth-order valence-corrected chi connectivity index (χ4v) is 2.68.